The van der Waals surface area contributed by atoms with Crippen LogP contribution in [0.3, 0.4) is 0 Å². The third-order valence-corrected chi connectivity index (χ3v) is 3.73. The third-order valence-electron chi connectivity index (χ3n) is 3.73. The summed E-state index contributed by atoms with van der Waals surface area (Å²) < 4.78 is 0. The van der Waals surface area contributed by atoms with Gasteiger partial charge in [-0.25, -0.2) is 0 Å². The number of fused-ring (bicyclic) bond motifs is 1. The van der Waals surface area contributed by atoms with Gasteiger partial charge in [-0.1, -0.05) is 18.2 Å². The van der Waals surface area contributed by atoms with Gasteiger partial charge in [-0.2, -0.15) is 0 Å². The Morgan fingerprint density at radius 3 is 2.77 bits per heavy atom. The van der Waals surface area contributed by atoms with Crippen LogP contribution in [0, 0.1) is 6.92 Å². The molecule has 2 heterocycles. The first-order valence-electron chi connectivity index (χ1n) is 7.04. The van der Waals surface area contributed by atoms with E-state index in [1.807, 2.05) is 42.2 Å². The topological polar surface area (TPSA) is 45.2 Å². The van der Waals surface area contributed by atoms with Gasteiger partial charge in [-0.15, -0.1) is 24.8 Å². The molecule has 1 aliphatic heterocycles. The molecule has 1 fully saturated rings. The first kappa shape index (κ1) is 18.7. The average molecular weight is 342 g/mol. The molecule has 0 unspecified atom stereocenters. The summed E-state index contributed by atoms with van der Waals surface area (Å²) >= 11 is 0. The van der Waals surface area contributed by atoms with Crippen LogP contribution in [-0.2, 0) is 0 Å². The molecule has 0 bridgehead atoms. The molecular weight excluding hydrogens is 321 g/mol. The molecule has 4 nitrogen and oxygen atoms in total. The van der Waals surface area contributed by atoms with Gasteiger partial charge in [0.15, 0.2) is 0 Å². The minimum absolute atomic E-state index is 0. The second-order valence-corrected chi connectivity index (χ2v) is 5.43. The van der Waals surface area contributed by atoms with Crippen molar-refractivity contribution in [3.05, 3.63) is 41.6 Å². The largest absolute Gasteiger partial charge is 0.336 e. The zero-order valence-corrected chi connectivity index (χ0v) is 14.3. The van der Waals surface area contributed by atoms with Gasteiger partial charge in [0.1, 0.15) is 0 Å². The molecule has 0 spiro atoms. The molecular formula is C16H21Cl2N3O. The predicted octanol–water partition coefficient (Wildman–Crippen LogP) is 2.82. The van der Waals surface area contributed by atoms with Crippen LogP contribution < -0.4 is 5.32 Å². The number of rotatable bonds is 1. The third kappa shape index (κ3) is 3.69. The van der Waals surface area contributed by atoms with Gasteiger partial charge >= 0.3 is 0 Å². The monoisotopic (exact) mass is 341 g/mol. The molecule has 0 aliphatic carbocycles. The SMILES string of the molecule is Cc1cc(C(=O)N2CCN[C@@H](C)C2)c2ccccc2n1.Cl.Cl. The zero-order chi connectivity index (χ0) is 14.1. The number of hydrogen-bond donors (Lipinski definition) is 1. The van der Waals surface area contributed by atoms with Crippen molar-refractivity contribution in [2.45, 2.75) is 19.9 Å². The van der Waals surface area contributed by atoms with E-state index in [2.05, 4.69) is 17.2 Å². The van der Waals surface area contributed by atoms with Crippen LogP contribution >= 0.6 is 24.8 Å². The maximum absolute atomic E-state index is 12.8. The van der Waals surface area contributed by atoms with Crippen molar-refractivity contribution in [2.75, 3.05) is 19.6 Å². The smallest absolute Gasteiger partial charge is 0.254 e. The van der Waals surface area contributed by atoms with Gasteiger partial charge in [0.25, 0.3) is 5.91 Å². The Kier molecular flexibility index (Phi) is 6.60. The molecule has 1 N–H and O–H groups in total. The summed E-state index contributed by atoms with van der Waals surface area (Å²) in [5.41, 5.74) is 2.54. The molecule has 22 heavy (non-hydrogen) atoms. The van der Waals surface area contributed by atoms with E-state index in [1.54, 1.807) is 0 Å². The van der Waals surface area contributed by atoms with Crippen molar-refractivity contribution in [3.8, 4) is 0 Å². The number of aryl methyl sites for hydroxylation is 1. The van der Waals surface area contributed by atoms with E-state index in [0.717, 1.165) is 41.8 Å². The second-order valence-electron chi connectivity index (χ2n) is 5.43. The fourth-order valence-corrected chi connectivity index (χ4v) is 2.77. The quantitative estimate of drug-likeness (QED) is 0.867. The van der Waals surface area contributed by atoms with E-state index in [4.69, 9.17) is 0 Å². The van der Waals surface area contributed by atoms with Crippen molar-refractivity contribution in [1.29, 1.82) is 0 Å². The highest BCUT2D eigenvalue weighted by Gasteiger charge is 2.23. The predicted molar refractivity (Wildman–Crippen MR) is 94.3 cm³/mol. The van der Waals surface area contributed by atoms with Crippen LogP contribution in [0.4, 0.5) is 0 Å². The van der Waals surface area contributed by atoms with E-state index in [-0.39, 0.29) is 30.7 Å². The summed E-state index contributed by atoms with van der Waals surface area (Å²) in [5, 5.41) is 4.30. The maximum Gasteiger partial charge on any atom is 0.254 e. The van der Waals surface area contributed by atoms with Crippen molar-refractivity contribution in [2.24, 2.45) is 0 Å². The van der Waals surface area contributed by atoms with E-state index in [0.29, 0.717) is 6.04 Å². The Morgan fingerprint density at radius 2 is 2.05 bits per heavy atom. The highest BCUT2D eigenvalue weighted by molar-refractivity contribution is 6.06. The number of aromatic nitrogens is 1. The molecule has 1 aromatic carbocycles. The standard InChI is InChI=1S/C16H19N3O.2ClH/c1-11-9-14(13-5-3-4-6-15(13)18-11)16(20)19-8-7-17-12(2)10-19;;/h3-6,9,12,17H,7-8,10H2,1-2H3;2*1H/t12-;;/m0../s1. The van der Waals surface area contributed by atoms with Crippen LogP contribution in [0.1, 0.15) is 23.0 Å². The Balaban J connectivity index is 0.00000121. The highest BCUT2D eigenvalue weighted by Crippen LogP contribution is 2.20. The van der Waals surface area contributed by atoms with Crippen molar-refractivity contribution in [1.82, 2.24) is 15.2 Å². The zero-order valence-electron chi connectivity index (χ0n) is 12.7. The van der Waals surface area contributed by atoms with Gasteiger partial charge in [0.2, 0.25) is 0 Å². The van der Waals surface area contributed by atoms with Crippen LogP contribution in [0.15, 0.2) is 30.3 Å². The lowest BCUT2D eigenvalue weighted by Gasteiger charge is -2.32. The molecule has 3 rings (SSSR count). The Labute approximate surface area is 143 Å². The molecule has 1 aliphatic rings. The van der Waals surface area contributed by atoms with E-state index >= 15 is 0 Å². The van der Waals surface area contributed by atoms with Gasteiger partial charge in [0, 0.05) is 36.8 Å². The number of hydrogen-bond acceptors (Lipinski definition) is 3. The number of para-hydroxylation sites is 1. The number of halogens is 2. The van der Waals surface area contributed by atoms with E-state index < -0.39 is 0 Å². The number of carbonyl (C=O) groups is 1. The molecule has 2 aromatic rings. The minimum atomic E-state index is 0. The van der Waals surface area contributed by atoms with E-state index in [1.165, 1.54) is 0 Å². The molecule has 1 atom stereocenters. The van der Waals surface area contributed by atoms with Crippen molar-refractivity contribution >= 4 is 41.6 Å². The minimum Gasteiger partial charge on any atom is -0.336 e. The van der Waals surface area contributed by atoms with Crippen LogP contribution in [0.25, 0.3) is 10.9 Å². The van der Waals surface area contributed by atoms with Gasteiger partial charge in [-0.3, -0.25) is 9.78 Å². The van der Waals surface area contributed by atoms with Gasteiger partial charge in [0.05, 0.1) is 11.1 Å². The molecule has 1 saturated heterocycles. The molecule has 120 valence electrons. The lowest BCUT2D eigenvalue weighted by molar-refractivity contribution is 0.0711. The second kappa shape index (κ2) is 7.77. The molecule has 0 saturated carbocycles. The number of nitrogens with one attached hydrogen (secondary N) is 1. The molecule has 1 amide bonds. The first-order valence-corrected chi connectivity index (χ1v) is 7.04. The first-order chi connectivity index (χ1) is 9.65. The summed E-state index contributed by atoms with van der Waals surface area (Å²) in [5.74, 6) is 0.111. The fraction of sp³-hybridized carbons (Fsp3) is 0.375. The number of carbonyl (C=O) groups excluding carboxylic acids is 1. The maximum atomic E-state index is 12.8. The van der Waals surface area contributed by atoms with Crippen LogP contribution in [0.5, 0.6) is 0 Å². The number of pyridine rings is 1. The van der Waals surface area contributed by atoms with Gasteiger partial charge in [-0.05, 0) is 26.0 Å². The summed E-state index contributed by atoms with van der Waals surface area (Å²) in [6.45, 7) is 6.42. The fourth-order valence-electron chi connectivity index (χ4n) is 2.77. The number of amides is 1. The Hall–Kier alpha value is -1.36. The molecule has 1 aromatic heterocycles. The van der Waals surface area contributed by atoms with E-state index in [9.17, 15) is 4.79 Å². The van der Waals surface area contributed by atoms with Gasteiger partial charge < -0.3 is 10.2 Å². The highest BCUT2D eigenvalue weighted by atomic mass is 35.5. The lowest BCUT2D eigenvalue weighted by Crippen LogP contribution is -2.51. The summed E-state index contributed by atoms with van der Waals surface area (Å²) in [7, 11) is 0. The van der Waals surface area contributed by atoms with Crippen LogP contribution in [-0.4, -0.2) is 41.5 Å². The number of nitrogens with zero attached hydrogens (tertiary/aromatic N) is 2. The average Bonchev–Trinajstić information content (AvgIpc) is 2.45. The molecule has 0 radical (unpaired) electrons. The summed E-state index contributed by atoms with van der Waals surface area (Å²) in [6, 6.07) is 10.1. The normalized spacial score (nSPS) is 17.5. The number of piperazine rings is 1. The Morgan fingerprint density at radius 1 is 1.32 bits per heavy atom. The molecule has 6 heteroatoms. The van der Waals surface area contributed by atoms with Crippen molar-refractivity contribution < 1.29 is 4.79 Å². The Bertz CT molecular complexity index is 663. The number of benzene rings is 1. The lowest BCUT2D eigenvalue weighted by atomic mass is 10.1. The van der Waals surface area contributed by atoms with Crippen LogP contribution in [0.2, 0.25) is 0 Å². The van der Waals surface area contributed by atoms with Crippen molar-refractivity contribution in [3.63, 3.8) is 0 Å². The summed E-state index contributed by atoms with van der Waals surface area (Å²) in [6.07, 6.45) is 0. The summed E-state index contributed by atoms with van der Waals surface area (Å²) in [4.78, 5) is 19.2.